The summed E-state index contributed by atoms with van der Waals surface area (Å²) >= 11 is 1.36. The maximum absolute atomic E-state index is 12.8. The number of benzene rings is 2. The molecule has 1 aliphatic heterocycles. The summed E-state index contributed by atoms with van der Waals surface area (Å²) in [5.74, 6) is 0.829. The molecule has 35 heavy (non-hydrogen) atoms. The van der Waals surface area contributed by atoms with Crippen LogP contribution < -0.4 is 10.2 Å². The molecule has 9 heteroatoms. The number of thioether (sulfide) groups is 1. The van der Waals surface area contributed by atoms with Gasteiger partial charge in [-0.15, -0.1) is 16.8 Å². The molecule has 0 atom stereocenters. The summed E-state index contributed by atoms with van der Waals surface area (Å²) in [5, 5.41) is 12.0. The summed E-state index contributed by atoms with van der Waals surface area (Å²) in [5.41, 5.74) is 2.88. The molecule has 182 valence electrons. The average molecular weight is 491 g/mol. The van der Waals surface area contributed by atoms with Gasteiger partial charge in [0.1, 0.15) is 0 Å². The van der Waals surface area contributed by atoms with E-state index in [0.717, 1.165) is 18.7 Å². The normalized spacial score (nSPS) is 13.5. The second-order valence-electron chi connectivity index (χ2n) is 8.34. The van der Waals surface area contributed by atoms with Crippen LogP contribution in [0.3, 0.4) is 0 Å². The van der Waals surface area contributed by atoms with Crippen molar-refractivity contribution in [2.45, 2.75) is 25.2 Å². The van der Waals surface area contributed by atoms with Gasteiger partial charge in [0.2, 0.25) is 5.91 Å². The Kier molecular flexibility index (Phi) is 8.20. The molecule has 0 unspecified atom stereocenters. The third-order valence-electron chi connectivity index (χ3n) is 5.90. The first-order valence-corrected chi connectivity index (χ1v) is 12.6. The highest BCUT2D eigenvalue weighted by atomic mass is 32.2. The maximum atomic E-state index is 12.8. The fourth-order valence-electron chi connectivity index (χ4n) is 3.91. The Bertz CT molecular complexity index is 1150. The van der Waals surface area contributed by atoms with E-state index in [1.54, 1.807) is 18.2 Å². The number of hydrogen-bond donors (Lipinski definition) is 1. The summed E-state index contributed by atoms with van der Waals surface area (Å²) in [6, 6.07) is 17.7. The SMILES string of the molecule is C=CCn1c(CNC(=O)c2ccc(C)cc2)nnc1SCC(=O)N1CCN(c2ccccc2)CC1. The molecule has 1 aromatic heterocycles. The minimum atomic E-state index is -0.169. The first-order valence-electron chi connectivity index (χ1n) is 11.6. The van der Waals surface area contributed by atoms with Crippen molar-refractivity contribution < 1.29 is 9.59 Å². The number of carbonyl (C=O) groups is 2. The molecule has 3 aromatic rings. The Labute approximate surface area is 210 Å². The molecule has 4 rings (SSSR count). The molecule has 1 N–H and O–H groups in total. The number of hydrogen-bond acceptors (Lipinski definition) is 6. The number of aromatic nitrogens is 3. The monoisotopic (exact) mass is 490 g/mol. The van der Waals surface area contributed by atoms with E-state index in [1.807, 2.05) is 46.7 Å². The van der Waals surface area contributed by atoms with Gasteiger partial charge in [-0.3, -0.25) is 9.59 Å². The van der Waals surface area contributed by atoms with Crippen molar-refractivity contribution in [3.63, 3.8) is 0 Å². The van der Waals surface area contributed by atoms with Crippen LogP contribution in [-0.2, 0) is 17.9 Å². The molecule has 1 fully saturated rings. The summed E-state index contributed by atoms with van der Waals surface area (Å²) in [4.78, 5) is 29.5. The van der Waals surface area contributed by atoms with Gasteiger partial charge in [0.05, 0.1) is 12.3 Å². The van der Waals surface area contributed by atoms with Gasteiger partial charge in [-0.25, -0.2) is 0 Å². The van der Waals surface area contributed by atoms with Gasteiger partial charge < -0.3 is 19.7 Å². The van der Waals surface area contributed by atoms with Crippen LogP contribution in [0.1, 0.15) is 21.7 Å². The first kappa shape index (κ1) is 24.5. The first-order chi connectivity index (χ1) is 17.0. The number of piperazine rings is 1. The summed E-state index contributed by atoms with van der Waals surface area (Å²) in [6.07, 6.45) is 1.75. The molecule has 0 saturated carbocycles. The number of carbonyl (C=O) groups excluding carboxylic acids is 2. The highest BCUT2D eigenvalue weighted by molar-refractivity contribution is 7.99. The van der Waals surface area contributed by atoms with E-state index in [9.17, 15) is 9.59 Å². The second-order valence-corrected chi connectivity index (χ2v) is 9.28. The summed E-state index contributed by atoms with van der Waals surface area (Å²) < 4.78 is 1.88. The number of para-hydroxylation sites is 1. The molecule has 0 spiro atoms. The van der Waals surface area contributed by atoms with E-state index in [2.05, 4.69) is 39.1 Å². The smallest absolute Gasteiger partial charge is 0.251 e. The average Bonchev–Trinajstić information content (AvgIpc) is 3.28. The largest absolute Gasteiger partial charge is 0.368 e. The predicted octanol–water partition coefficient (Wildman–Crippen LogP) is 3.14. The van der Waals surface area contributed by atoms with Crippen molar-refractivity contribution in [3.8, 4) is 0 Å². The number of allylic oxidation sites excluding steroid dienone is 1. The molecular formula is C26H30N6O2S. The highest BCUT2D eigenvalue weighted by Crippen LogP contribution is 2.20. The highest BCUT2D eigenvalue weighted by Gasteiger charge is 2.22. The quantitative estimate of drug-likeness (QED) is 0.367. The van der Waals surface area contributed by atoms with Crippen LogP contribution in [0, 0.1) is 6.92 Å². The van der Waals surface area contributed by atoms with Gasteiger partial charge in [-0.2, -0.15) is 0 Å². The van der Waals surface area contributed by atoms with E-state index >= 15 is 0 Å². The van der Waals surface area contributed by atoms with Gasteiger partial charge in [0.15, 0.2) is 11.0 Å². The van der Waals surface area contributed by atoms with Crippen molar-refractivity contribution in [2.24, 2.45) is 0 Å². The van der Waals surface area contributed by atoms with E-state index in [-0.39, 0.29) is 24.1 Å². The molecule has 1 saturated heterocycles. The van der Waals surface area contributed by atoms with Crippen LogP contribution in [0.4, 0.5) is 5.69 Å². The van der Waals surface area contributed by atoms with Crippen molar-refractivity contribution in [2.75, 3.05) is 36.8 Å². The van der Waals surface area contributed by atoms with Crippen molar-refractivity contribution in [1.82, 2.24) is 25.0 Å². The molecule has 2 aromatic carbocycles. The Morgan fingerprint density at radius 3 is 2.43 bits per heavy atom. The minimum Gasteiger partial charge on any atom is -0.368 e. The Hall–Kier alpha value is -3.59. The van der Waals surface area contributed by atoms with Gasteiger partial charge in [0, 0.05) is 44.0 Å². The fraction of sp³-hybridized carbons (Fsp3) is 0.308. The Morgan fingerprint density at radius 2 is 1.74 bits per heavy atom. The number of amides is 2. The lowest BCUT2D eigenvalue weighted by atomic mass is 10.1. The van der Waals surface area contributed by atoms with Gasteiger partial charge in [-0.1, -0.05) is 53.7 Å². The number of nitrogens with zero attached hydrogens (tertiary/aromatic N) is 5. The molecule has 1 aliphatic rings. The van der Waals surface area contributed by atoms with E-state index in [4.69, 9.17) is 0 Å². The molecule has 0 aliphatic carbocycles. The molecule has 0 bridgehead atoms. The van der Waals surface area contributed by atoms with E-state index in [1.165, 1.54) is 17.4 Å². The fourth-order valence-corrected chi connectivity index (χ4v) is 4.78. The lowest BCUT2D eigenvalue weighted by Gasteiger charge is -2.36. The third-order valence-corrected chi connectivity index (χ3v) is 6.86. The Morgan fingerprint density at radius 1 is 1.03 bits per heavy atom. The zero-order valence-corrected chi connectivity index (χ0v) is 20.7. The zero-order valence-electron chi connectivity index (χ0n) is 19.9. The zero-order chi connectivity index (χ0) is 24.6. The minimum absolute atomic E-state index is 0.0880. The molecule has 2 amide bonds. The van der Waals surface area contributed by atoms with Crippen LogP contribution in [-0.4, -0.2) is 63.4 Å². The van der Waals surface area contributed by atoms with Gasteiger partial charge >= 0.3 is 0 Å². The number of rotatable bonds is 9. The number of aryl methyl sites for hydroxylation is 1. The van der Waals surface area contributed by atoms with Crippen LogP contribution in [0.2, 0.25) is 0 Å². The van der Waals surface area contributed by atoms with Crippen LogP contribution in [0.25, 0.3) is 0 Å². The molecular weight excluding hydrogens is 460 g/mol. The Balaban J connectivity index is 1.30. The second kappa shape index (κ2) is 11.7. The van der Waals surface area contributed by atoms with Crippen LogP contribution >= 0.6 is 11.8 Å². The predicted molar refractivity (Wildman–Crippen MR) is 139 cm³/mol. The van der Waals surface area contributed by atoms with Gasteiger partial charge in [-0.05, 0) is 31.2 Å². The van der Waals surface area contributed by atoms with Crippen molar-refractivity contribution >= 4 is 29.3 Å². The van der Waals surface area contributed by atoms with Gasteiger partial charge in [0.25, 0.3) is 5.91 Å². The van der Waals surface area contributed by atoms with Crippen molar-refractivity contribution in [3.05, 3.63) is 84.2 Å². The van der Waals surface area contributed by atoms with E-state index < -0.39 is 0 Å². The molecule has 8 nitrogen and oxygen atoms in total. The topological polar surface area (TPSA) is 83.4 Å². The number of anilines is 1. The van der Waals surface area contributed by atoms with E-state index in [0.29, 0.717) is 36.2 Å². The van der Waals surface area contributed by atoms with Crippen molar-refractivity contribution in [1.29, 1.82) is 0 Å². The standard InChI is InChI=1S/C26H30N6O2S/c1-3-13-32-23(18-27-25(34)21-11-9-20(2)10-12-21)28-29-26(32)35-19-24(33)31-16-14-30(15-17-31)22-7-5-4-6-8-22/h3-12H,1,13-19H2,2H3,(H,27,34). The summed E-state index contributed by atoms with van der Waals surface area (Å²) in [7, 11) is 0. The lowest BCUT2D eigenvalue weighted by molar-refractivity contribution is -0.128. The number of nitrogens with one attached hydrogen (secondary N) is 1. The molecule has 2 heterocycles. The molecule has 0 radical (unpaired) electrons. The van der Waals surface area contributed by atoms with Crippen LogP contribution in [0.15, 0.2) is 72.4 Å². The third kappa shape index (κ3) is 6.30. The summed E-state index contributed by atoms with van der Waals surface area (Å²) in [6.45, 7) is 9.56. The maximum Gasteiger partial charge on any atom is 0.251 e. The van der Waals surface area contributed by atoms with Crippen LogP contribution in [0.5, 0.6) is 0 Å². The lowest BCUT2D eigenvalue weighted by Crippen LogP contribution is -2.49.